The Kier molecular flexibility index (Phi) is 3.92. The summed E-state index contributed by atoms with van der Waals surface area (Å²) >= 11 is 3.27. The highest BCUT2D eigenvalue weighted by Gasteiger charge is 2.43. The Labute approximate surface area is 132 Å². The zero-order valence-corrected chi connectivity index (χ0v) is 13.3. The molecular weight excluding hydrogens is 336 g/mol. The quantitative estimate of drug-likeness (QED) is 0.853. The molecular formula is C15H19BrN2O3. The van der Waals surface area contributed by atoms with Gasteiger partial charge in [0.25, 0.3) is 0 Å². The van der Waals surface area contributed by atoms with Gasteiger partial charge in [0.1, 0.15) is 11.4 Å². The molecule has 2 heterocycles. The van der Waals surface area contributed by atoms with Gasteiger partial charge < -0.3 is 15.1 Å². The van der Waals surface area contributed by atoms with Crippen molar-refractivity contribution in [3.63, 3.8) is 0 Å². The molecule has 0 radical (unpaired) electrons. The van der Waals surface area contributed by atoms with Crippen LogP contribution in [0.1, 0.15) is 42.5 Å². The predicted octanol–water partition coefficient (Wildman–Crippen LogP) is 2.67. The lowest BCUT2D eigenvalue weighted by Crippen LogP contribution is -2.53. The molecule has 2 unspecified atom stereocenters. The number of carbonyl (C=O) groups is 1. The van der Waals surface area contributed by atoms with Gasteiger partial charge in [0.15, 0.2) is 0 Å². The Balaban J connectivity index is 1.87. The summed E-state index contributed by atoms with van der Waals surface area (Å²) in [5.41, 5.74) is -0.348. The van der Waals surface area contributed by atoms with Crippen LogP contribution in [0.4, 0.5) is 5.82 Å². The summed E-state index contributed by atoms with van der Waals surface area (Å²) in [6, 6.07) is 1.59. The van der Waals surface area contributed by atoms with Gasteiger partial charge in [-0.1, -0.05) is 12.8 Å². The van der Waals surface area contributed by atoms with Crippen LogP contribution < -0.4 is 4.90 Å². The predicted molar refractivity (Wildman–Crippen MR) is 82.6 cm³/mol. The zero-order chi connectivity index (χ0) is 15.0. The Morgan fingerprint density at radius 2 is 2.24 bits per heavy atom. The summed E-state index contributed by atoms with van der Waals surface area (Å²) < 4.78 is 0.662. The fourth-order valence-electron chi connectivity index (χ4n) is 3.60. The van der Waals surface area contributed by atoms with Gasteiger partial charge in [-0.2, -0.15) is 0 Å². The molecule has 2 fully saturated rings. The molecule has 2 aliphatic rings. The Hall–Kier alpha value is -1.14. The third kappa shape index (κ3) is 2.79. The van der Waals surface area contributed by atoms with Gasteiger partial charge in [-0.15, -0.1) is 0 Å². The van der Waals surface area contributed by atoms with Gasteiger partial charge in [0, 0.05) is 29.7 Å². The molecule has 0 bridgehead atoms. The van der Waals surface area contributed by atoms with E-state index in [2.05, 4.69) is 20.9 Å². The monoisotopic (exact) mass is 354 g/mol. The summed E-state index contributed by atoms with van der Waals surface area (Å²) in [4.78, 5) is 17.7. The number of pyridine rings is 1. The third-order valence-corrected chi connectivity index (χ3v) is 5.22. The maximum absolute atomic E-state index is 11.4. The van der Waals surface area contributed by atoms with Gasteiger partial charge >= 0.3 is 5.97 Å². The molecule has 0 aromatic carbocycles. The molecule has 0 spiro atoms. The minimum atomic E-state index is -0.969. The van der Waals surface area contributed by atoms with Gasteiger partial charge in [0.2, 0.25) is 0 Å². The van der Waals surface area contributed by atoms with Crippen LogP contribution in [0.2, 0.25) is 0 Å². The Bertz CT molecular complexity index is 566. The van der Waals surface area contributed by atoms with E-state index in [9.17, 15) is 15.0 Å². The smallest absolute Gasteiger partial charge is 0.339 e. The van der Waals surface area contributed by atoms with Gasteiger partial charge in [-0.3, -0.25) is 0 Å². The molecule has 0 amide bonds. The standard InChI is InChI=1S/C15H19BrN2O3/c16-11-7-12(14(19)20)13(17-8-11)18-6-5-15(21)4-2-1-3-10(15)9-18/h7-8,10,21H,1-6,9H2,(H,19,20). The molecule has 114 valence electrons. The average Bonchev–Trinajstić information content (AvgIpc) is 2.46. The van der Waals surface area contributed by atoms with Crippen molar-refractivity contribution in [3.8, 4) is 0 Å². The minimum Gasteiger partial charge on any atom is -0.478 e. The van der Waals surface area contributed by atoms with Crippen LogP contribution in [0.3, 0.4) is 0 Å². The number of rotatable bonds is 2. The lowest BCUT2D eigenvalue weighted by Gasteiger charge is -2.47. The van der Waals surface area contributed by atoms with Crippen molar-refractivity contribution in [3.05, 3.63) is 22.3 Å². The zero-order valence-electron chi connectivity index (χ0n) is 11.8. The number of carboxylic acid groups (broad SMARTS) is 1. The molecule has 5 nitrogen and oxygen atoms in total. The molecule has 2 N–H and O–H groups in total. The second kappa shape index (κ2) is 5.57. The van der Waals surface area contributed by atoms with Crippen LogP contribution in [-0.2, 0) is 0 Å². The molecule has 1 aliphatic heterocycles. The summed E-state index contributed by atoms with van der Waals surface area (Å²) in [7, 11) is 0. The van der Waals surface area contributed by atoms with Crippen molar-refractivity contribution < 1.29 is 15.0 Å². The number of anilines is 1. The topological polar surface area (TPSA) is 73.7 Å². The lowest BCUT2D eigenvalue weighted by atomic mass is 9.71. The highest BCUT2D eigenvalue weighted by molar-refractivity contribution is 9.10. The second-order valence-electron chi connectivity index (χ2n) is 6.07. The molecule has 1 saturated carbocycles. The number of hydrogen-bond donors (Lipinski definition) is 2. The van der Waals surface area contributed by atoms with E-state index in [-0.39, 0.29) is 11.5 Å². The van der Waals surface area contributed by atoms with Crippen molar-refractivity contribution in [2.45, 2.75) is 37.7 Å². The van der Waals surface area contributed by atoms with E-state index in [0.717, 1.165) is 25.7 Å². The van der Waals surface area contributed by atoms with Crippen LogP contribution in [0.5, 0.6) is 0 Å². The molecule has 1 aliphatic carbocycles. The molecule has 1 saturated heterocycles. The molecule has 1 aromatic rings. The first-order valence-electron chi connectivity index (χ1n) is 7.36. The van der Waals surface area contributed by atoms with E-state index in [1.807, 2.05) is 4.90 Å². The van der Waals surface area contributed by atoms with Crippen molar-refractivity contribution in [2.75, 3.05) is 18.0 Å². The molecule has 21 heavy (non-hydrogen) atoms. The summed E-state index contributed by atoms with van der Waals surface area (Å²) in [5, 5.41) is 20.1. The van der Waals surface area contributed by atoms with Crippen LogP contribution in [-0.4, -0.2) is 39.9 Å². The number of hydrogen-bond acceptors (Lipinski definition) is 4. The first-order chi connectivity index (χ1) is 9.99. The summed E-state index contributed by atoms with van der Waals surface area (Å²) in [5.74, 6) is -0.242. The maximum atomic E-state index is 11.4. The van der Waals surface area contributed by atoms with Crippen molar-refractivity contribution in [2.24, 2.45) is 5.92 Å². The van der Waals surface area contributed by atoms with E-state index in [4.69, 9.17) is 0 Å². The molecule has 6 heteroatoms. The number of aliphatic hydroxyl groups is 1. The average molecular weight is 355 g/mol. The first-order valence-corrected chi connectivity index (χ1v) is 8.15. The fraction of sp³-hybridized carbons (Fsp3) is 0.600. The normalized spacial score (nSPS) is 29.0. The maximum Gasteiger partial charge on any atom is 0.339 e. The number of fused-ring (bicyclic) bond motifs is 1. The van der Waals surface area contributed by atoms with Crippen molar-refractivity contribution in [1.82, 2.24) is 4.98 Å². The SMILES string of the molecule is O=C(O)c1cc(Br)cnc1N1CCC2(O)CCCCC2C1. The van der Waals surface area contributed by atoms with E-state index in [0.29, 0.717) is 29.8 Å². The number of aromatic nitrogens is 1. The van der Waals surface area contributed by atoms with Crippen molar-refractivity contribution >= 4 is 27.7 Å². The van der Waals surface area contributed by atoms with Crippen LogP contribution in [0.15, 0.2) is 16.7 Å². The van der Waals surface area contributed by atoms with Crippen LogP contribution >= 0.6 is 15.9 Å². The number of carboxylic acids is 1. The summed E-state index contributed by atoms with van der Waals surface area (Å²) in [6.07, 6.45) is 6.42. The fourth-order valence-corrected chi connectivity index (χ4v) is 3.94. The van der Waals surface area contributed by atoms with Gasteiger partial charge in [-0.25, -0.2) is 9.78 Å². The van der Waals surface area contributed by atoms with Gasteiger partial charge in [0.05, 0.1) is 5.60 Å². The number of halogens is 1. The Morgan fingerprint density at radius 3 is 3.00 bits per heavy atom. The molecule has 2 atom stereocenters. The third-order valence-electron chi connectivity index (χ3n) is 4.79. The van der Waals surface area contributed by atoms with E-state index in [1.54, 1.807) is 12.3 Å². The molecule has 1 aromatic heterocycles. The largest absolute Gasteiger partial charge is 0.478 e. The van der Waals surface area contributed by atoms with E-state index >= 15 is 0 Å². The number of piperidine rings is 1. The second-order valence-corrected chi connectivity index (χ2v) is 6.99. The highest BCUT2D eigenvalue weighted by atomic mass is 79.9. The van der Waals surface area contributed by atoms with E-state index < -0.39 is 11.6 Å². The highest BCUT2D eigenvalue weighted by Crippen LogP contribution is 2.41. The lowest BCUT2D eigenvalue weighted by molar-refractivity contribution is -0.0613. The van der Waals surface area contributed by atoms with Gasteiger partial charge in [-0.05, 0) is 41.3 Å². The van der Waals surface area contributed by atoms with Crippen LogP contribution in [0.25, 0.3) is 0 Å². The minimum absolute atomic E-state index is 0.214. The molecule has 3 rings (SSSR count). The van der Waals surface area contributed by atoms with Crippen molar-refractivity contribution in [1.29, 1.82) is 0 Å². The number of nitrogens with zero attached hydrogens (tertiary/aromatic N) is 2. The number of aromatic carboxylic acids is 1. The van der Waals surface area contributed by atoms with Crippen LogP contribution in [0, 0.1) is 5.92 Å². The Morgan fingerprint density at radius 1 is 1.43 bits per heavy atom. The summed E-state index contributed by atoms with van der Waals surface area (Å²) in [6.45, 7) is 1.34. The first kappa shape index (κ1) is 14.8. The van der Waals surface area contributed by atoms with E-state index in [1.165, 1.54) is 0 Å².